The summed E-state index contributed by atoms with van der Waals surface area (Å²) in [6, 6.07) is -0.200. The molecule has 128 valence electrons. The van der Waals surface area contributed by atoms with Gasteiger partial charge in [-0.2, -0.15) is 0 Å². The van der Waals surface area contributed by atoms with Gasteiger partial charge in [-0.3, -0.25) is 4.79 Å². The van der Waals surface area contributed by atoms with E-state index in [9.17, 15) is 9.59 Å². The summed E-state index contributed by atoms with van der Waals surface area (Å²) in [6.07, 6.45) is 0.266. The van der Waals surface area contributed by atoms with Crippen molar-refractivity contribution in [3.63, 3.8) is 0 Å². The van der Waals surface area contributed by atoms with Crippen LogP contribution in [0.5, 0.6) is 0 Å². The Kier molecular flexibility index (Phi) is 4.76. The highest BCUT2D eigenvalue weighted by molar-refractivity contribution is 5.96. The van der Waals surface area contributed by atoms with E-state index in [1.165, 1.54) is 0 Å². The predicted molar refractivity (Wildman–Crippen MR) is 81.6 cm³/mol. The third kappa shape index (κ3) is 4.11. The van der Waals surface area contributed by atoms with Gasteiger partial charge in [-0.1, -0.05) is 0 Å². The molecule has 1 aromatic heterocycles. The molecular formula is C14H23N5O4. The van der Waals surface area contributed by atoms with Crippen LogP contribution in [-0.2, 0) is 4.74 Å². The first-order valence-corrected chi connectivity index (χ1v) is 7.56. The fourth-order valence-electron chi connectivity index (χ4n) is 2.43. The molecule has 2 amide bonds. The van der Waals surface area contributed by atoms with E-state index in [0.29, 0.717) is 26.1 Å². The molecule has 1 aliphatic rings. The number of ether oxygens (including phenoxy) is 1. The Morgan fingerprint density at radius 1 is 1.30 bits per heavy atom. The maximum atomic E-state index is 12.5. The summed E-state index contributed by atoms with van der Waals surface area (Å²) in [4.78, 5) is 28.0. The molecule has 1 fully saturated rings. The Morgan fingerprint density at radius 2 is 2.00 bits per heavy atom. The normalized spacial score (nSPS) is 19.4. The summed E-state index contributed by atoms with van der Waals surface area (Å²) in [5.74, 6) is -0.377. The number of amides is 2. The largest absolute Gasteiger partial charge is 0.444 e. The molecule has 9 nitrogen and oxygen atoms in total. The first kappa shape index (κ1) is 17.0. The summed E-state index contributed by atoms with van der Waals surface area (Å²) >= 11 is 0. The Bertz CT molecular complexity index is 580. The number of nitrogens with zero attached hydrogens (tertiary/aromatic N) is 4. The second-order valence-corrected chi connectivity index (χ2v) is 6.63. The Balaban J connectivity index is 2.06. The third-order valence-electron chi connectivity index (χ3n) is 3.47. The third-order valence-corrected chi connectivity index (χ3v) is 3.47. The fourth-order valence-corrected chi connectivity index (χ4v) is 2.43. The quantitative estimate of drug-likeness (QED) is 0.822. The second kappa shape index (κ2) is 6.43. The number of aromatic nitrogens is 2. The maximum absolute atomic E-state index is 12.5. The number of rotatable bonds is 1. The zero-order valence-electron chi connectivity index (χ0n) is 13.9. The molecule has 0 bridgehead atoms. The summed E-state index contributed by atoms with van der Waals surface area (Å²) in [7, 11) is 0. The van der Waals surface area contributed by atoms with Crippen LogP contribution in [0.3, 0.4) is 0 Å². The predicted octanol–water partition coefficient (Wildman–Crippen LogP) is 1.12. The molecule has 9 heteroatoms. The number of hydrogen-bond donors (Lipinski definition) is 1. The number of hydrogen-bond acceptors (Lipinski definition) is 7. The van der Waals surface area contributed by atoms with Crippen molar-refractivity contribution in [1.29, 1.82) is 0 Å². The van der Waals surface area contributed by atoms with E-state index in [4.69, 9.17) is 10.5 Å². The average Bonchev–Trinajstić information content (AvgIpc) is 2.75. The molecular weight excluding hydrogens is 302 g/mol. The van der Waals surface area contributed by atoms with Crippen LogP contribution >= 0.6 is 0 Å². The molecule has 23 heavy (non-hydrogen) atoms. The number of nitrogen functional groups attached to an aromatic ring is 1. The lowest BCUT2D eigenvalue weighted by atomic mass is 10.2. The van der Waals surface area contributed by atoms with Gasteiger partial charge in [0.05, 0.1) is 0 Å². The Hall–Kier alpha value is -2.32. The lowest BCUT2D eigenvalue weighted by Crippen LogP contribution is -2.45. The van der Waals surface area contributed by atoms with E-state index in [-0.39, 0.29) is 29.6 Å². The Labute approximate surface area is 134 Å². The monoisotopic (exact) mass is 325 g/mol. The van der Waals surface area contributed by atoms with Gasteiger partial charge >= 0.3 is 6.09 Å². The van der Waals surface area contributed by atoms with Crippen molar-refractivity contribution < 1.29 is 19.0 Å². The van der Waals surface area contributed by atoms with Gasteiger partial charge in [0.2, 0.25) is 11.5 Å². The van der Waals surface area contributed by atoms with Gasteiger partial charge in [0, 0.05) is 25.7 Å². The fraction of sp³-hybridized carbons (Fsp3) is 0.714. The number of anilines is 1. The maximum Gasteiger partial charge on any atom is 0.410 e. The van der Waals surface area contributed by atoms with Crippen molar-refractivity contribution in [3.05, 3.63) is 5.69 Å². The minimum Gasteiger partial charge on any atom is -0.444 e. The zero-order chi connectivity index (χ0) is 17.2. The number of nitrogens with two attached hydrogens (primary N) is 1. The highest BCUT2D eigenvalue weighted by Gasteiger charge is 2.32. The molecule has 1 atom stereocenters. The molecule has 0 aromatic carbocycles. The smallest absolute Gasteiger partial charge is 0.410 e. The number of carbonyl (C=O) groups excluding carboxylic acids is 2. The average molecular weight is 325 g/mol. The van der Waals surface area contributed by atoms with Gasteiger partial charge in [0.25, 0.3) is 5.91 Å². The Morgan fingerprint density at radius 3 is 2.57 bits per heavy atom. The first-order valence-electron chi connectivity index (χ1n) is 7.56. The van der Waals surface area contributed by atoms with Gasteiger partial charge in [0.15, 0.2) is 0 Å². The van der Waals surface area contributed by atoms with Gasteiger partial charge in [-0.25, -0.2) is 9.42 Å². The van der Waals surface area contributed by atoms with Crippen LogP contribution in [0, 0.1) is 0 Å². The molecule has 2 rings (SSSR count). The molecule has 0 aliphatic carbocycles. The van der Waals surface area contributed by atoms with E-state index < -0.39 is 5.60 Å². The van der Waals surface area contributed by atoms with Gasteiger partial charge < -0.3 is 20.3 Å². The van der Waals surface area contributed by atoms with E-state index in [1.54, 1.807) is 9.80 Å². The van der Waals surface area contributed by atoms with E-state index in [2.05, 4.69) is 14.9 Å². The SMILES string of the molecule is C[C@@H]1CN(C(=O)OC(C)(C)C)CCCN1C(=O)c1nonc1N. The first-order chi connectivity index (χ1) is 10.7. The van der Waals surface area contributed by atoms with Crippen LogP contribution in [0.1, 0.15) is 44.6 Å². The summed E-state index contributed by atoms with van der Waals surface area (Å²) < 4.78 is 9.88. The molecule has 2 N–H and O–H groups in total. The molecule has 0 saturated carbocycles. The van der Waals surface area contributed by atoms with Crippen LogP contribution in [0.4, 0.5) is 10.6 Å². The molecule has 1 aromatic rings. The van der Waals surface area contributed by atoms with E-state index in [0.717, 1.165) is 0 Å². The van der Waals surface area contributed by atoms with Gasteiger partial charge in [-0.05, 0) is 44.4 Å². The van der Waals surface area contributed by atoms with Gasteiger partial charge in [-0.15, -0.1) is 0 Å². The molecule has 0 unspecified atom stereocenters. The molecule has 0 spiro atoms. The van der Waals surface area contributed by atoms with Crippen LogP contribution in [0.2, 0.25) is 0 Å². The van der Waals surface area contributed by atoms with E-state index >= 15 is 0 Å². The summed E-state index contributed by atoms with van der Waals surface area (Å²) in [5, 5.41) is 6.98. The summed E-state index contributed by atoms with van der Waals surface area (Å²) in [6.45, 7) is 8.73. The topological polar surface area (TPSA) is 115 Å². The van der Waals surface area contributed by atoms with Crippen molar-refractivity contribution in [1.82, 2.24) is 20.1 Å². The number of carbonyl (C=O) groups is 2. The standard InChI is InChI=1S/C14H23N5O4/c1-9-8-18(13(21)22-14(2,3)4)6-5-7-19(9)12(20)10-11(15)17-23-16-10/h9H,5-8H2,1-4H3,(H2,15,17)/t9-/m1/s1. The van der Waals surface area contributed by atoms with Crippen molar-refractivity contribution in [3.8, 4) is 0 Å². The molecule has 0 radical (unpaired) electrons. The highest BCUT2D eigenvalue weighted by Crippen LogP contribution is 2.18. The zero-order valence-corrected chi connectivity index (χ0v) is 13.9. The lowest BCUT2D eigenvalue weighted by Gasteiger charge is -2.30. The minimum absolute atomic E-state index is 0.00238. The minimum atomic E-state index is -0.553. The van der Waals surface area contributed by atoms with Crippen molar-refractivity contribution >= 4 is 17.8 Å². The molecule has 2 heterocycles. The van der Waals surface area contributed by atoms with E-state index in [1.807, 2.05) is 27.7 Å². The van der Waals surface area contributed by atoms with Crippen molar-refractivity contribution in [2.45, 2.75) is 45.8 Å². The van der Waals surface area contributed by atoms with Crippen LogP contribution in [0.15, 0.2) is 4.63 Å². The van der Waals surface area contributed by atoms with Crippen molar-refractivity contribution in [2.24, 2.45) is 0 Å². The van der Waals surface area contributed by atoms with Gasteiger partial charge in [0.1, 0.15) is 5.60 Å². The highest BCUT2D eigenvalue weighted by atomic mass is 16.6. The lowest BCUT2D eigenvalue weighted by molar-refractivity contribution is 0.0232. The van der Waals surface area contributed by atoms with Crippen LogP contribution in [0.25, 0.3) is 0 Å². The van der Waals surface area contributed by atoms with Crippen molar-refractivity contribution in [2.75, 3.05) is 25.4 Å². The summed E-state index contributed by atoms with van der Waals surface area (Å²) in [5.41, 5.74) is 5.03. The van der Waals surface area contributed by atoms with Crippen LogP contribution in [-0.4, -0.2) is 63.4 Å². The molecule has 1 aliphatic heterocycles. The van der Waals surface area contributed by atoms with Crippen LogP contribution < -0.4 is 5.73 Å². The second-order valence-electron chi connectivity index (χ2n) is 6.63. The molecule has 1 saturated heterocycles.